The van der Waals surface area contributed by atoms with Crippen molar-refractivity contribution in [3.8, 4) is 5.75 Å². The number of rotatable bonds is 0. The zero-order chi connectivity index (χ0) is 9.47. The van der Waals surface area contributed by atoms with E-state index in [-0.39, 0.29) is 5.41 Å². The monoisotopic (exact) mass is 176 g/mol. The third-order valence-electron chi connectivity index (χ3n) is 2.56. The second-order valence-electron chi connectivity index (χ2n) is 4.67. The smallest absolute Gasteiger partial charge is 0.122 e. The Kier molecular flexibility index (Phi) is 1.83. The molecule has 1 nitrogen and oxygen atoms in total. The lowest BCUT2D eigenvalue weighted by Crippen LogP contribution is -2.10. The highest BCUT2D eigenvalue weighted by molar-refractivity contribution is 5.41. The van der Waals surface area contributed by atoms with E-state index in [0.717, 1.165) is 18.8 Å². The first-order valence-corrected chi connectivity index (χ1v) is 4.83. The van der Waals surface area contributed by atoms with Crippen LogP contribution in [0.1, 0.15) is 31.9 Å². The molecule has 0 atom stereocenters. The van der Waals surface area contributed by atoms with Gasteiger partial charge in [-0.15, -0.1) is 0 Å². The molecule has 1 aromatic rings. The van der Waals surface area contributed by atoms with Crippen molar-refractivity contribution < 1.29 is 4.74 Å². The van der Waals surface area contributed by atoms with Crippen LogP contribution in [-0.2, 0) is 11.8 Å². The van der Waals surface area contributed by atoms with E-state index in [1.165, 1.54) is 11.1 Å². The minimum atomic E-state index is 0.248. The molecular weight excluding hydrogens is 160 g/mol. The van der Waals surface area contributed by atoms with E-state index in [9.17, 15) is 0 Å². The van der Waals surface area contributed by atoms with E-state index < -0.39 is 0 Å². The van der Waals surface area contributed by atoms with Crippen LogP contribution in [0.15, 0.2) is 18.2 Å². The van der Waals surface area contributed by atoms with Crippen molar-refractivity contribution in [3.05, 3.63) is 29.3 Å². The quantitative estimate of drug-likeness (QED) is 0.590. The molecular formula is C12H16O. The maximum atomic E-state index is 5.47. The van der Waals surface area contributed by atoms with Crippen LogP contribution in [0.2, 0.25) is 0 Å². The summed E-state index contributed by atoms with van der Waals surface area (Å²) in [5.74, 6) is 1.08. The van der Waals surface area contributed by atoms with Crippen LogP contribution < -0.4 is 4.74 Å². The topological polar surface area (TPSA) is 9.23 Å². The number of hydrogen-bond acceptors (Lipinski definition) is 1. The summed E-state index contributed by atoms with van der Waals surface area (Å²) >= 11 is 0. The third kappa shape index (κ3) is 1.55. The van der Waals surface area contributed by atoms with Gasteiger partial charge in [0.1, 0.15) is 5.75 Å². The Morgan fingerprint density at radius 1 is 1.23 bits per heavy atom. The summed E-state index contributed by atoms with van der Waals surface area (Å²) in [4.78, 5) is 0. The molecule has 0 aromatic heterocycles. The van der Waals surface area contributed by atoms with Crippen LogP contribution in [-0.4, -0.2) is 6.61 Å². The minimum absolute atomic E-state index is 0.248. The predicted molar refractivity (Wildman–Crippen MR) is 54.3 cm³/mol. The summed E-state index contributed by atoms with van der Waals surface area (Å²) in [6, 6.07) is 6.55. The fourth-order valence-electron chi connectivity index (χ4n) is 1.65. The Labute approximate surface area is 79.7 Å². The van der Waals surface area contributed by atoms with E-state index in [1.807, 2.05) is 0 Å². The molecule has 0 bridgehead atoms. The summed E-state index contributed by atoms with van der Waals surface area (Å²) in [5.41, 5.74) is 3.02. The molecule has 1 aliphatic rings. The summed E-state index contributed by atoms with van der Waals surface area (Å²) in [6.07, 6.45) is 1.07. The highest BCUT2D eigenvalue weighted by Crippen LogP contribution is 2.30. The molecule has 1 aromatic carbocycles. The van der Waals surface area contributed by atoms with Gasteiger partial charge in [-0.1, -0.05) is 32.9 Å². The predicted octanol–water partition coefficient (Wildman–Crippen LogP) is 2.92. The molecule has 0 saturated carbocycles. The normalized spacial score (nSPS) is 15.3. The minimum Gasteiger partial charge on any atom is -0.493 e. The van der Waals surface area contributed by atoms with Gasteiger partial charge in [0.2, 0.25) is 0 Å². The van der Waals surface area contributed by atoms with E-state index in [1.54, 1.807) is 0 Å². The lowest BCUT2D eigenvalue weighted by molar-refractivity contribution is 0.356. The fourth-order valence-corrected chi connectivity index (χ4v) is 1.65. The first kappa shape index (κ1) is 8.61. The first-order valence-electron chi connectivity index (χ1n) is 4.83. The van der Waals surface area contributed by atoms with Crippen LogP contribution in [0.3, 0.4) is 0 Å². The first-order chi connectivity index (χ1) is 6.07. The Bertz CT molecular complexity index is 320. The zero-order valence-corrected chi connectivity index (χ0v) is 8.55. The second-order valence-corrected chi connectivity index (χ2v) is 4.67. The van der Waals surface area contributed by atoms with Crippen LogP contribution in [0.25, 0.3) is 0 Å². The van der Waals surface area contributed by atoms with Gasteiger partial charge in [0.15, 0.2) is 0 Å². The molecule has 1 aliphatic heterocycles. The molecule has 0 amide bonds. The lowest BCUT2D eigenvalue weighted by Gasteiger charge is -2.19. The van der Waals surface area contributed by atoms with Gasteiger partial charge >= 0.3 is 0 Å². The second kappa shape index (κ2) is 2.76. The van der Waals surface area contributed by atoms with Crippen LogP contribution in [0.4, 0.5) is 0 Å². The van der Waals surface area contributed by atoms with E-state index in [2.05, 4.69) is 39.0 Å². The molecule has 0 saturated heterocycles. The van der Waals surface area contributed by atoms with Gasteiger partial charge in [0.25, 0.3) is 0 Å². The summed E-state index contributed by atoms with van der Waals surface area (Å²) < 4.78 is 5.47. The number of ether oxygens (including phenoxy) is 1. The highest BCUT2D eigenvalue weighted by Gasteiger charge is 2.18. The lowest BCUT2D eigenvalue weighted by atomic mass is 9.86. The van der Waals surface area contributed by atoms with Gasteiger partial charge in [-0.25, -0.2) is 0 Å². The standard InChI is InChI=1S/C12H16O/c1-12(2,3)10-4-5-11-9(8-10)6-7-13-11/h4-5,8H,6-7H2,1-3H3. The van der Waals surface area contributed by atoms with Crippen molar-refractivity contribution in [1.82, 2.24) is 0 Å². The van der Waals surface area contributed by atoms with Crippen molar-refractivity contribution >= 4 is 0 Å². The van der Waals surface area contributed by atoms with Crippen molar-refractivity contribution in [3.63, 3.8) is 0 Å². The molecule has 13 heavy (non-hydrogen) atoms. The molecule has 0 fully saturated rings. The third-order valence-corrected chi connectivity index (χ3v) is 2.56. The SMILES string of the molecule is CC(C)(C)c1ccc2c(c1)CCO2. The van der Waals surface area contributed by atoms with E-state index in [0.29, 0.717) is 0 Å². The van der Waals surface area contributed by atoms with Gasteiger partial charge in [-0.05, 0) is 22.6 Å². The largest absolute Gasteiger partial charge is 0.493 e. The zero-order valence-electron chi connectivity index (χ0n) is 8.55. The summed E-state index contributed by atoms with van der Waals surface area (Å²) in [6.45, 7) is 7.57. The molecule has 1 heterocycles. The highest BCUT2D eigenvalue weighted by atomic mass is 16.5. The van der Waals surface area contributed by atoms with Crippen LogP contribution >= 0.6 is 0 Å². The molecule has 0 N–H and O–H groups in total. The van der Waals surface area contributed by atoms with E-state index in [4.69, 9.17) is 4.74 Å². The molecule has 0 spiro atoms. The summed E-state index contributed by atoms with van der Waals surface area (Å²) in [7, 11) is 0. The molecule has 2 rings (SSSR count). The number of benzene rings is 1. The van der Waals surface area contributed by atoms with Gasteiger partial charge in [0.05, 0.1) is 6.61 Å². The van der Waals surface area contributed by atoms with Gasteiger partial charge in [-0.2, -0.15) is 0 Å². The Balaban J connectivity index is 2.42. The van der Waals surface area contributed by atoms with Gasteiger partial charge < -0.3 is 4.74 Å². The summed E-state index contributed by atoms with van der Waals surface area (Å²) in [5, 5.41) is 0. The maximum Gasteiger partial charge on any atom is 0.122 e. The van der Waals surface area contributed by atoms with Crippen molar-refractivity contribution in [2.24, 2.45) is 0 Å². The molecule has 70 valence electrons. The van der Waals surface area contributed by atoms with Crippen molar-refractivity contribution in [2.75, 3.05) is 6.61 Å². The molecule has 0 aliphatic carbocycles. The Morgan fingerprint density at radius 3 is 2.69 bits per heavy atom. The van der Waals surface area contributed by atoms with Crippen molar-refractivity contribution in [1.29, 1.82) is 0 Å². The van der Waals surface area contributed by atoms with Gasteiger partial charge in [-0.3, -0.25) is 0 Å². The average molecular weight is 176 g/mol. The van der Waals surface area contributed by atoms with Crippen LogP contribution in [0, 0.1) is 0 Å². The Hall–Kier alpha value is -0.980. The fraction of sp³-hybridized carbons (Fsp3) is 0.500. The van der Waals surface area contributed by atoms with Crippen LogP contribution in [0.5, 0.6) is 5.75 Å². The maximum absolute atomic E-state index is 5.47. The average Bonchev–Trinajstić information content (AvgIpc) is 2.47. The molecule has 0 radical (unpaired) electrons. The van der Waals surface area contributed by atoms with Gasteiger partial charge in [0, 0.05) is 6.42 Å². The Morgan fingerprint density at radius 2 is 2.00 bits per heavy atom. The molecule has 1 heteroatoms. The van der Waals surface area contributed by atoms with Crippen molar-refractivity contribution in [2.45, 2.75) is 32.6 Å². The molecule has 0 unspecified atom stereocenters. The number of hydrogen-bond donors (Lipinski definition) is 0. The number of fused-ring (bicyclic) bond motifs is 1. The van der Waals surface area contributed by atoms with E-state index >= 15 is 0 Å².